The highest BCUT2D eigenvalue weighted by atomic mass is 16.5. The summed E-state index contributed by atoms with van der Waals surface area (Å²) < 4.78 is 16.0. The molecular formula is C26H25NO6. The van der Waals surface area contributed by atoms with Gasteiger partial charge in [-0.25, -0.2) is 0 Å². The summed E-state index contributed by atoms with van der Waals surface area (Å²) in [5.74, 6) is -3.12. The number of carboxylic acids is 1. The molecule has 0 spiro atoms. The van der Waals surface area contributed by atoms with E-state index in [-0.39, 0.29) is 12.5 Å². The monoisotopic (exact) mass is 447 g/mol. The standard InChI is InChI=1S/C26H25NO6/c1-31-21-12-11-15(13-22(21)32-2)24(27)23(25(28)29)26(30)33-14-20-18-9-5-3-7-16(18)17-8-4-6-10-19(17)20/h3-13,20,23-24H,14,27H2,1-2H3,(H,28,29)/t23-,24?/m1/s1. The van der Waals surface area contributed by atoms with E-state index in [0.717, 1.165) is 22.3 Å². The number of carboxylic acid groups (broad SMARTS) is 1. The number of hydrogen-bond acceptors (Lipinski definition) is 6. The first kappa shape index (κ1) is 22.4. The van der Waals surface area contributed by atoms with Crippen LogP contribution in [0.3, 0.4) is 0 Å². The largest absolute Gasteiger partial charge is 0.493 e. The third-order valence-electron chi connectivity index (χ3n) is 6.03. The van der Waals surface area contributed by atoms with Crippen LogP contribution in [-0.2, 0) is 14.3 Å². The zero-order valence-corrected chi connectivity index (χ0v) is 18.4. The zero-order valence-electron chi connectivity index (χ0n) is 18.4. The van der Waals surface area contributed by atoms with E-state index in [1.54, 1.807) is 18.2 Å². The average Bonchev–Trinajstić information content (AvgIpc) is 3.15. The maximum absolute atomic E-state index is 12.9. The van der Waals surface area contributed by atoms with Gasteiger partial charge in [-0.1, -0.05) is 54.6 Å². The van der Waals surface area contributed by atoms with Crippen LogP contribution in [-0.4, -0.2) is 37.9 Å². The van der Waals surface area contributed by atoms with E-state index in [4.69, 9.17) is 19.9 Å². The molecule has 0 fully saturated rings. The number of carbonyl (C=O) groups excluding carboxylic acids is 1. The molecule has 7 nitrogen and oxygen atoms in total. The van der Waals surface area contributed by atoms with Crippen molar-refractivity contribution in [3.05, 3.63) is 83.4 Å². The molecule has 1 aliphatic carbocycles. The topological polar surface area (TPSA) is 108 Å². The lowest BCUT2D eigenvalue weighted by molar-refractivity contribution is -0.160. The van der Waals surface area contributed by atoms with Crippen LogP contribution in [0.1, 0.15) is 28.7 Å². The normalized spacial score (nSPS) is 14.0. The molecule has 0 heterocycles. The van der Waals surface area contributed by atoms with Crippen LogP contribution in [0.25, 0.3) is 11.1 Å². The summed E-state index contributed by atoms with van der Waals surface area (Å²) in [6, 6.07) is 19.5. The molecule has 0 radical (unpaired) electrons. The van der Waals surface area contributed by atoms with E-state index >= 15 is 0 Å². The quantitative estimate of drug-likeness (QED) is 0.400. The van der Waals surface area contributed by atoms with Crippen molar-refractivity contribution in [2.75, 3.05) is 20.8 Å². The molecule has 33 heavy (non-hydrogen) atoms. The number of carbonyl (C=O) groups is 2. The number of nitrogens with two attached hydrogens (primary N) is 1. The van der Waals surface area contributed by atoms with Crippen LogP contribution in [0.15, 0.2) is 66.7 Å². The molecule has 3 N–H and O–H groups in total. The Labute approximate surface area is 191 Å². The first-order chi connectivity index (χ1) is 16.0. The summed E-state index contributed by atoms with van der Waals surface area (Å²) in [6.07, 6.45) is 0. The highest BCUT2D eigenvalue weighted by Gasteiger charge is 2.37. The van der Waals surface area contributed by atoms with Gasteiger partial charge in [-0.05, 0) is 39.9 Å². The van der Waals surface area contributed by atoms with Crippen LogP contribution in [0, 0.1) is 5.92 Å². The Morgan fingerprint density at radius 3 is 2.03 bits per heavy atom. The van der Waals surface area contributed by atoms with Crippen molar-refractivity contribution in [2.24, 2.45) is 11.7 Å². The molecule has 0 aliphatic heterocycles. The average molecular weight is 447 g/mol. The van der Waals surface area contributed by atoms with Gasteiger partial charge in [0, 0.05) is 5.92 Å². The second kappa shape index (κ2) is 9.34. The fraction of sp³-hybridized carbons (Fsp3) is 0.231. The number of esters is 1. The molecule has 3 aromatic carbocycles. The molecule has 7 heteroatoms. The Hall–Kier alpha value is -3.84. The van der Waals surface area contributed by atoms with Gasteiger partial charge in [-0.3, -0.25) is 9.59 Å². The van der Waals surface area contributed by atoms with E-state index in [2.05, 4.69) is 0 Å². The fourth-order valence-corrected chi connectivity index (χ4v) is 4.35. The SMILES string of the molecule is COc1ccc(C(N)[C@H](C(=O)O)C(=O)OCC2c3ccccc3-c3ccccc32)cc1OC. The number of methoxy groups -OCH3 is 2. The molecule has 0 aromatic heterocycles. The second-order valence-electron chi connectivity index (χ2n) is 7.81. The summed E-state index contributed by atoms with van der Waals surface area (Å²) in [7, 11) is 2.96. The Balaban J connectivity index is 1.55. The van der Waals surface area contributed by atoms with E-state index in [9.17, 15) is 14.7 Å². The number of rotatable bonds is 8. The number of hydrogen-bond donors (Lipinski definition) is 2. The fourth-order valence-electron chi connectivity index (χ4n) is 4.35. The predicted octanol–water partition coefficient (Wildman–Crippen LogP) is 3.76. The first-order valence-electron chi connectivity index (χ1n) is 10.5. The molecule has 0 bridgehead atoms. The minimum absolute atomic E-state index is 0.0231. The van der Waals surface area contributed by atoms with Crippen molar-refractivity contribution >= 4 is 11.9 Å². The lowest BCUT2D eigenvalue weighted by Crippen LogP contribution is -2.36. The van der Waals surface area contributed by atoms with E-state index in [1.165, 1.54) is 14.2 Å². The van der Waals surface area contributed by atoms with Crippen molar-refractivity contribution in [1.82, 2.24) is 0 Å². The van der Waals surface area contributed by atoms with Gasteiger partial charge in [-0.15, -0.1) is 0 Å². The number of ether oxygens (including phenoxy) is 3. The third-order valence-corrected chi connectivity index (χ3v) is 6.03. The van der Waals surface area contributed by atoms with E-state index in [0.29, 0.717) is 17.1 Å². The molecule has 0 saturated heterocycles. The van der Waals surface area contributed by atoms with Crippen molar-refractivity contribution in [2.45, 2.75) is 12.0 Å². The van der Waals surface area contributed by atoms with E-state index < -0.39 is 23.9 Å². The summed E-state index contributed by atoms with van der Waals surface area (Å²) in [5.41, 5.74) is 10.9. The molecule has 1 aliphatic rings. The van der Waals surface area contributed by atoms with Crippen molar-refractivity contribution in [3.8, 4) is 22.6 Å². The molecular weight excluding hydrogens is 422 g/mol. The van der Waals surface area contributed by atoms with Gasteiger partial charge >= 0.3 is 11.9 Å². The van der Waals surface area contributed by atoms with E-state index in [1.807, 2.05) is 48.5 Å². The van der Waals surface area contributed by atoms with Gasteiger partial charge < -0.3 is 25.1 Å². The number of aliphatic carboxylic acids is 1. The Morgan fingerprint density at radius 1 is 0.909 bits per heavy atom. The van der Waals surface area contributed by atoms with Gasteiger partial charge in [0.15, 0.2) is 17.4 Å². The maximum atomic E-state index is 12.9. The van der Waals surface area contributed by atoms with Gasteiger partial charge in [0.1, 0.15) is 6.61 Å². The van der Waals surface area contributed by atoms with Crippen molar-refractivity contribution < 1.29 is 28.9 Å². The van der Waals surface area contributed by atoms with Crippen molar-refractivity contribution in [3.63, 3.8) is 0 Å². The predicted molar refractivity (Wildman–Crippen MR) is 122 cm³/mol. The molecule has 0 amide bonds. The highest BCUT2D eigenvalue weighted by molar-refractivity contribution is 5.95. The molecule has 2 atom stereocenters. The number of benzene rings is 3. The Bertz CT molecular complexity index is 1150. The summed E-state index contributed by atoms with van der Waals surface area (Å²) in [6.45, 7) is 0.0231. The summed E-state index contributed by atoms with van der Waals surface area (Å²) in [5, 5.41) is 9.77. The van der Waals surface area contributed by atoms with Gasteiger partial charge in [0.05, 0.1) is 20.3 Å². The second-order valence-corrected chi connectivity index (χ2v) is 7.81. The maximum Gasteiger partial charge on any atom is 0.322 e. The molecule has 1 unspecified atom stereocenters. The molecule has 0 saturated carbocycles. The lowest BCUT2D eigenvalue weighted by Gasteiger charge is -2.22. The van der Waals surface area contributed by atoms with Gasteiger partial charge in [0.2, 0.25) is 0 Å². The lowest BCUT2D eigenvalue weighted by atomic mass is 9.93. The summed E-state index contributed by atoms with van der Waals surface area (Å²) in [4.78, 5) is 24.9. The van der Waals surface area contributed by atoms with Crippen LogP contribution in [0.5, 0.6) is 11.5 Å². The minimum atomic E-state index is -1.57. The van der Waals surface area contributed by atoms with Crippen LogP contribution in [0.2, 0.25) is 0 Å². The summed E-state index contributed by atoms with van der Waals surface area (Å²) >= 11 is 0. The van der Waals surface area contributed by atoms with Crippen molar-refractivity contribution in [1.29, 1.82) is 0 Å². The molecule has 3 aromatic rings. The zero-order chi connectivity index (χ0) is 23.5. The smallest absolute Gasteiger partial charge is 0.322 e. The van der Waals surface area contributed by atoms with Crippen LogP contribution < -0.4 is 15.2 Å². The Kier molecular flexibility index (Phi) is 6.33. The molecule has 170 valence electrons. The Morgan fingerprint density at radius 2 is 1.48 bits per heavy atom. The van der Waals surface area contributed by atoms with Crippen LogP contribution in [0.4, 0.5) is 0 Å². The van der Waals surface area contributed by atoms with Crippen LogP contribution >= 0.6 is 0 Å². The first-order valence-corrected chi connectivity index (χ1v) is 10.5. The number of fused-ring (bicyclic) bond motifs is 3. The highest BCUT2D eigenvalue weighted by Crippen LogP contribution is 2.44. The molecule has 4 rings (SSSR count). The third kappa shape index (κ3) is 4.15. The van der Waals surface area contributed by atoms with Gasteiger partial charge in [-0.2, -0.15) is 0 Å². The van der Waals surface area contributed by atoms with Gasteiger partial charge in [0.25, 0.3) is 0 Å². The minimum Gasteiger partial charge on any atom is -0.493 e.